The number of nitrogens with zero attached hydrogens (tertiary/aromatic N) is 1. The molecule has 1 amide bonds. The molecular formula is C24H19FN2O. The van der Waals surface area contributed by atoms with Crippen molar-refractivity contribution in [1.29, 1.82) is 0 Å². The van der Waals surface area contributed by atoms with E-state index in [1.165, 1.54) is 11.6 Å². The molecule has 1 heterocycles. The summed E-state index contributed by atoms with van der Waals surface area (Å²) in [7, 11) is 0. The fraction of sp³-hybridized carbons (Fsp3) is 0.0833. The van der Waals surface area contributed by atoms with Crippen LogP contribution in [0, 0.1) is 19.7 Å². The first-order valence-electron chi connectivity index (χ1n) is 9.06. The third kappa shape index (κ3) is 3.37. The van der Waals surface area contributed by atoms with E-state index in [1.807, 2.05) is 50.2 Å². The molecule has 4 aromatic rings. The van der Waals surface area contributed by atoms with Crippen LogP contribution in [0.1, 0.15) is 21.5 Å². The van der Waals surface area contributed by atoms with Crippen LogP contribution >= 0.6 is 0 Å². The number of fused-ring (bicyclic) bond motifs is 1. The lowest BCUT2D eigenvalue weighted by molar-refractivity contribution is 0.102. The summed E-state index contributed by atoms with van der Waals surface area (Å²) < 4.78 is 14.0. The Hall–Kier alpha value is -3.53. The number of halogens is 1. The van der Waals surface area contributed by atoms with E-state index < -0.39 is 5.82 Å². The number of pyridine rings is 1. The second kappa shape index (κ2) is 7.24. The lowest BCUT2D eigenvalue weighted by Gasteiger charge is -2.12. The molecule has 0 aliphatic heterocycles. The fourth-order valence-electron chi connectivity index (χ4n) is 3.35. The number of aromatic nitrogens is 1. The Bertz CT molecular complexity index is 1200. The van der Waals surface area contributed by atoms with Gasteiger partial charge in [0.1, 0.15) is 5.82 Å². The van der Waals surface area contributed by atoms with E-state index in [0.29, 0.717) is 5.56 Å². The summed E-state index contributed by atoms with van der Waals surface area (Å²) in [4.78, 5) is 17.7. The first-order chi connectivity index (χ1) is 13.5. The second-order valence-corrected chi connectivity index (χ2v) is 6.82. The normalized spacial score (nSPS) is 10.8. The molecule has 1 aromatic heterocycles. The largest absolute Gasteiger partial charge is 0.319 e. The minimum absolute atomic E-state index is 0.154. The minimum atomic E-state index is -0.469. The second-order valence-electron chi connectivity index (χ2n) is 6.82. The number of rotatable bonds is 3. The Morgan fingerprint density at radius 3 is 2.46 bits per heavy atom. The van der Waals surface area contributed by atoms with Crippen LogP contribution in [-0.2, 0) is 0 Å². The average Bonchev–Trinajstić information content (AvgIpc) is 2.69. The quantitative estimate of drug-likeness (QED) is 0.487. The van der Waals surface area contributed by atoms with Gasteiger partial charge < -0.3 is 5.32 Å². The van der Waals surface area contributed by atoms with Gasteiger partial charge in [-0.05, 0) is 43.7 Å². The predicted octanol–water partition coefficient (Wildman–Crippen LogP) is 5.91. The lowest BCUT2D eigenvalue weighted by atomic mass is 9.99. The molecule has 0 aliphatic rings. The molecule has 0 fully saturated rings. The number of carbonyl (C=O) groups excluding carboxylic acids is 1. The first-order valence-corrected chi connectivity index (χ1v) is 9.06. The van der Waals surface area contributed by atoms with E-state index in [9.17, 15) is 9.18 Å². The smallest absolute Gasteiger partial charge is 0.256 e. The van der Waals surface area contributed by atoms with Gasteiger partial charge in [-0.1, -0.05) is 54.1 Å². The zero-order valence-electron chi connectivity index (χ0n) is 15.7. The monoisotopic (exact) mass is 370 g/mol. The molecule has 3 nitrogen and oxygen atoms in total. The van der Waals surface area contributed by atoms with Crippen LogP contribution in [-0.4, -0.2) is 10.9 Å². The number of anilines is 1. The van der Waals surface area contributed by atoms with E-state index in [0.717, 1.165) is 27.7 Å². The molecule has 0 spiro atoms. The van der Waals surface area contributed by atoms with Gasteiger partial charge in [0, 0.05) is 10.9 Å². The number of amides is 1. The number of hydrogen-bond donors (Lipinski definition) is 1. The van der Waals surface area contributed by atoms with Crippen LogP contribution in [0.3, 0.4) is 0 Å². The number of para-hydroxylation sites is 2. The number of hydrogen-bond acceptors (Lipinski definition) is 2. The predicted molar refractivity (Wildman–Crippen MR) is 111 cm³/mol. The fourth-order valence-corrected chi connectivity index (χ4v) is 3.35. The molecule has 3 aromatic carbocycles. The van der Waals surface area contributed by atoms with Gasteiger partial charge in [0.05, 0.1) is 22.5 Å². The van der Waals surface area contributed by atoms with Gasteiger partial charge in [0.25, 0.3) is 5.91 Å². The molecule has 138 valence electrons. The SMILES string of the molecule is Cc1ccc(-c2cc(C(=O)Nc3ccccc3F)c3ccccc3n2)c(C)c1. The van der Waals surface area contributed by atoms with Crippen LogP contribution < -0.4 is 5.32 Å². The van der Waals surface area contributed by atoms with Crippen molar-refractivity contribution in [2.75, 3.05) is 5.32 Å². The molecule has 0 saturated heterocycles. The third-order valence-electron chi connectivity index (χ3n) is 4.74. The summed E-state index contributed by atoms with van der Waals surface area (Å²) >= 11 is 0. The summed E-state index contributed by atoms with van der Waals surface area (Å²) in [5.41, 5.74) is 5.28. The number of nitrogens with one attached hydrogen (secondary N) is 1. The minimum Gasteiger partial charge on any atom is -0.319 e. The molecule has 0 aliphatic carbocycles. The molecule has 28 heavy (non-hydrogen) atoms. The zero-order chi connectivity index (χ0) is 19.7. The molecule has 0 atom stereocenters. The summed E-state index contributed by atoms with van der Waals surface area (Å²) in [5, 5.41) is 3.41. The topological polar surface area (TPSA) is 42.0 Å². The zero-order valence-corrected chi connectivity index (χ0v) is 15.7. The molecular weight excluding hydrogens is 351 g/mol. The van der Waals surface area contributed by atoms with Gasteiger partial charge in [-0.2, -0.15) is 0 Å². The van der Waals surface area contributed by atoms with E-state index in [-0.39, 0.29) is 11.6 Å². The molecule has 0 bridgehead atoms. The van der Waals surface area contributed by atoms with Gasteiger partial charge in [-0.25, -0.2) is 9.37 Å². The first kappa shape index (κ1) is 17.9. The van der Waals surface area contributed by atoms with Crippen molar-refractivity contribution in [3.8, 4) is 11.3 Å². The van der Waals surface area contributed by atoms with Gasteiger partial charge in [-0.15, -0.1) is 0 Å². The Kier molecular flexibility index (Phi) is 4.62. The standard InChI is InChI=1S/C24H19FN2O/c1-15-11-12-17(16(2)13-15)23-14-19(18-7-3-5-9-21(18)26-23)24(28)27-22-10-6-4-8-20(22)25/h3-14H,1-2H3,(H,27,28). The summed E-state index contributed by atoms with van der Waals surface area (Å²) in [5.74, 6) is -0.835. The Morgan fingerprint density at radius 2 is 1.68 bits per heavy atom. The number of benzene rings is 3. The molecule has 4 rings (SSSR count). The summed E-state index contributed by atoms with van der Waals surface area (Å²) in [6.07, 6.45) is 0. The molecule has 0 unspecified atom stereocenters. The van der Waals surface area contributed by atoms with E-state index in [2.05, 4.69) is 11.4 Å². The molecule has 1 N–H and O–H groups in total. The van der Waals surface area contributed by atoms with Gasteiger partial charge in [0.2, 0.25) is 0 Å². The molecule has 4 heteroatoms. The third-order valence-corrected chi connectivity index (χ3v) is 4.74. The maximum atomic E-state index is 14.0. The highest BCUT2D eigenvalue weighted by molar-refractivity contribution is 6.13. The van der Waals surface area contributed by atoms with Crippen molar-refractivity contribution in [1.82, 2.24) is 4.98 Å². The van der Waals surface area contributed by atoms with Crippen LogP contribution in [0.2, 0.25) is 0 Å². The highest BCUT2D eigenvalue weighted by Gasteiger charge is 2.16. The van der Waals surface area contributed by atoms with Crippen molar-refractivity contribution in [2.45, 2.75) is 13.8 Å². The van der Waals surface area contributed by atoms with E-state index in [4.69, 9.17) is 4.98 Å². The van der Waals surface area contributed by atoms with Crippen LogP contribution in [0.4, 0.5) is 10.1 Å². The van der Waals surface area contributed by atoms with Gasteiger partial charge in [0.15, 0.2) is 0 Å². The van der Waals surface area contributed by atoms with Crippen molar-refractivity contribution in [2.24, 2.45) is 0 Å². The Balaban J connectivity index is 1.85. The van der Waals surface area contributed by atoms with Crippen molar-refractivity contribution in [3.05, 3.63) is 95.3 Å². The summed E-state index contributed by atoms with van der Waals surface area (Å²) in [6, 6.07) is 21.5. The van der Waals surface area contributed by atoms with Gasteiger partial charge in [-0.3, -0.25) is 4.79 Å². The van der Waals surface area contributed by atoms with E-state index in [1.54, 1.807) is 24.3 Å². The Labute approximate surface area is 162 Å². The van der Waals surface area contributed by atoms with Crippen LogP contribution in [0.15, 0.2) is 72.8 Å². The Morgan fingerprint density at radius 1 is 0.929 bits per heavy atom. The lowest BCUT2D eigenvalue weighted by Crippen LogP contribution is -2.14. The maximum absolute atomic E-state index is 14.0. The maximum Gasteiger partial charge on any atom is 0.256 e. The summed E-state index contributed by atoms with van der Waals surface area (Å²) in [6.45, 7) is 4.07. The van der Waals surface area contributed by atoms with Crippen molar-refractivity contribution < 1.29 is 9.18 Å². The molecule has 0 radical (unpaired) electrons. The number of carbonyl (C=O) groups is 1. The van der Waals surface area contributed by atoms with Crippen LogP contribution in [0.5, 0.6) is 0 Å². The van der Waals surface area contributed by atoms with Crippen molar-refractivity contribution >= 4 is 22.5 Å². The van der Waals surface area contributed by atoms with Crippen molar-refractivity contribution in [3.63, 3.8) is 0 Å². The van der Waals surface area contributed by atoms with Gasteiger partial charge >= 0.3 is 0 Å². The highest BCUT2D eigenvalue weighted by atomic mass is 19.1. The number of aryl methyl sites for hydroxylation is 2. The molecule has 0 saturated carbocycles. The highest BCUT2D eigenvalue weighted by Crippen LogP contribution is 2.28. The average molecular weight is 370 g/mol. The van der Waals surface area contributed by atoms with E-state index >= 15 is 0 Å². The van der Waals surface area contributed by atoms with Crippen LogP contribution in [0.25, 0.3) is 22.2 Å².